The number of rotatable bonds is 4. The monoisotopic (exact) mass is 281 g/mol. The molecular weight excluding hydrogens is 261 g/mol. The minimum absolute atomic E-state index is 0.0822. The van der Waals surface area contributed by atoms with Gasteiger partial charge in [0.05, 0.1) is 18.2 Å². The van der Waals surface area contributed by atoms with Crippen molar-refractivity contribution in [2.24, 2.45) is 0 Å². The fourth-order valence-electron chi connectivity index (χ4n) is 2.65. The standard InChI is InChI=1S/C14H20FN3O2/c1-16-13(19)7-14(20)4-2-6-18(10-14)9-11-3-5-17-8-12(11)15/h3,5,8,20H,2,4,6-7,9-10H2,1H3,(H,16,19). The molecule has 0 bridgehead atoms. The number of likely N-dealkylation sites (tertiary alicyclic amines) is 1. The number of nitrogens with one attached hydrogen (secondary N) is 1. The Morgan fingerprint density at radius 1 is 1.65 bits per heavy atom. The lowest BCUT2D eigenvalue weighted by atomic mass is 9.89. The number of β-amino-alcohol motifs (C(OH)–C–C–N with tert-alkyl or cyclic N) is 1. The van der Waals surface area contributed by atoms with E-state index in [1.54, 1.807) is 19.3 Å². The molecule has 1 fully saturated rings. The quantitative estimate of drug-likeness (QED) is 0.852. The van der Waals surface area contributed by atoms with Crippen LogP contribution in [0.5, 0.6) is 0 Å². The van der Waals surface area contributed by atoms with Crippen molar-refractivity contribution in [2.75, 3.05) is 20.1 Å². The van der Waals surface area contributed by atoms with Gasteiger partial charge in [0.15, 0.2) is 0 Å². The Labute approximate surface area is 117 Å². The van der Waals surface area contributed by atoms with Gasteiger partial charge in [-0.2, -0.15) is 0 Å². The molecule has 1 aromatic rings. The Hall–Kier alpha value is -1.53. The number of pyridine rings is 1. The van der Waals surface area contributed by atoms with E-state index in [4.69, 9.17) is 0 Å². The van der Waals surface area contributed by atoms with Crippen molar-refractivity contribution >= 4 is 5.91 Å². The molecule has 2 rings (SSSR count). The molecule has 0 saturated carbocycles. The number of halogens is 1. The molecule has 2 heterocycles. The topological polar surface area (TPSA) is 65.5 Å². The van der Waals surface area contributed by atoms with Crippen LogP contribution in [0, 0.1) is 5.82 Å². The summed E-state index contributed by atoms with van der Waals surface area (Å²) in [4.78, 5) is 17.1. The van der Waals surface area contributed by atoms with Crippen LogP contribution in [0.4, 0.5) is 4.39 Å². The van der Waals surface area contributed by atoms with Crippen LogP contribution in [-0.4, -0.2) is 46.6 Å². The zero-order valence-corrected chi connectivity index (χ0v) is 11.6. The first-order valence-electron chi connectivity index (χ1n) is 6.76. The highest BCUT2D eigenvalue weighted by atomic mass is 19.1. The predicted molar refractivity (Wildman–Crippen MR) is 72.3 cm³/mol. The molecule has 0 spiro atoms. The third kappa shape index (κ3) is 3.74. The van der Waals surface area contributed by atoms with Crippen molar-refractivity contribution in [1.82, 2.24) is 15.2 Å². The molecule has 1 unspecified atom stereocenters. The maximum absolute atomic E-state index is 13.6. The molecule has 1 atom stereocenters. The molecule has 0 radical (unpaired) electrons. The molecule has 110 valence electrons. The lowest BCUT2D eigenvalue weighted by Crippen LogP contribution is -2.49. The smallest absolute Gasteiger partial charge is 0.222 e. The van der Waals surface area contributed by atoms with E-state index < -0.39 is 5.60 Å². The van der Waals surface area contributed by atoms with Crippen LogP contribution < -0.4 is 5.32 Å². The second-order valence-corrected chi connectivity index (χ2v) is 5.36. The Morgan fingerprint density at radius 3 is 3.15 bits per heavy atom. The zero-order chi connectivity index (χ0) is 14.6. The van der Waals surface area contributed by atoms with Crippen LogP contribution in [0.1, 0.15) is 24.8 Å². The van der Waals surface area contributed by atoms with Crippen molar-refractivity contribution in [2.45, 2.75) is 31.4 Å². The Balaban J connectivity index is 2.00. The summed E-state index contributed by atoms with van der Waals surface area (Å²) in [6.07, 6.45) is 4.21. The highest BCUT2D eigenvalue weighted by Crippen LogP contribution is 2.25. The van der Waals surface area contributed by atoms with E-state index in [1.165, 1.54) is 6.20 Å². The van der Waals surface area contributed by atoms with Gasteiger partial charge in [-0.25, -0.2) is 4.39 Å². The summed E-state index contributed by atoms with van der Waals surface area (Å²) in [6, 6.07) is 1.64. The second-order valence-electron chi connectivity index (χ2n) is 5.36. The lowest BCUT2D eigenvalue weighted by Gasteiger charge is -2.38. The van der Waals surface area contributed by atoms with Gasteiger partial charge in [0.25, 0.3) is 0 Å². The summed E-state index contributed by atoms with van der Waals surface area (Å²) < 4.78 is 13.6. The summed E-state index contributed by atoms with van der Waals surface area (Å²) in [6.45, 7) is 1.59. The molecule has 1 aliphatic heterocycles. The summed E-state index contributed by atoms with van der Waals surface area (Å²) >= 11 is 0. The molecule has 1 amide bonds. The first-order valence-corrected chi connectivity index (χ1v) is 6.76. The van der Waals surface area contributed by atoms with Crippen molar-refractivity contribution in [1.29, 1.82) is 0 Å². The minimum Gasteiger partial charge on any atom is -0.388 e. The van der Waals surface area contributed by atoms with Crippen molar-refractivity contribution in [3.63, 3.8) is 0 Å². The molecule has 2 N–H and O–H groups in total. The Kier molecular flexibility index (Phi) is 4.67. The first-order chi connectivity index (χ1) is 9.52. The molecule has 1 aliphatic rings. The van der Waals surface area contributed by atoms with Crippen LogP contribution in [-0.2, 0) is 11.3 Å². The van der Waals surface area contributed by atoms with E-state index in [1.807, 2.05) is 4.90 Å². The molecule has 6 heteroatoms. The van der Waals surface area contributed by atoms with E-state index in [9.17, 15) is 14.3 Å². The van der Waals surface area contributed by atoms with Gasteiger partial charge in [0.2, 0.25) is 5.91 Å². The first kappa shape index (κ1) is 14.9. The number of nitrogens with zero attached hydrogens (tertiary/aromatic N) is 2. The van der Waals surface area contributed by atoms with Crippen LogP contribution >= 0.6 is 0 Å². The van der Waals surface area contributed by atoms with Crippen molar-refractivity contribution in [3.8, 4) is 0 Å². The number of hydrogen-bond acceptors (Lipinski definition) is 4. The van der Waals surface area contributed by atoms with Gasteiger partial charge in [0, 0.05) is 31.9 Å². The fraction of sp³-hybridized carbons (Fsp3) is 0.571. The number of carbonyl (C=O) groups is 1. The van der Waals surface area contributed by atoms with E-state index in [2.05, 4.69) is 10.3 Å². The SMILES string of the molecule is CNC(=O)CC1(O)CCCN(Cc2ccncc2F)C1. The Bertz CT molecular complexity index is 483. The van der Waals surface area contributed by atoms with E-state index in [0.717, 1.165) is 13.0 Å². The van der Waals surface area contributed by atoms with Crippen LogP contribution in [0.25, 0.3) is 0 Å². The highest BCUT2D eigenvalue weighted by molar-refractivity contribution is 5.76. The van der Waals surface area contributed by atoms with Gasteiger partial charge in [-0.3, -0.25) is 14.7 Å². The molecule has 1 aromatic heterocycles. The Morgan fingerprint density at radius 2 is 2.45 bits per heavy atom. The average Bonchev–Trinajstić information content (AvgIpc) is 2.41. The molecule has 0 aliphatic carbocycles. The molecule has 0 aromatic carbocycles. The highest BCUT2D eigenvalue weighted by Gasteiger charge is 2.35. The third-order valence-corrected chi connectivity index (χ3v) is 3.65. The third-order valence-electron chi connectivity index (χ3n) is 3.65. The number of amides is 1. The maximum Gasteiger partial charge on any atom is 0.222 e. The number of hydrogen-bond donors (Lipinski definition) is 2. The zero-order valence-electron chi connectivity index (χ0n) is 11.6. The summed E-state index contributed by atoms with van der Waals surface area (Å²) in [5.74, 6) is -0.516. The summed E-state index contributed by atoms with van der Waals surface area (Å²) in [7, 11) is 1.55. The summed E-state index contributed by atoms with van der Waals surface area (Å²) in [5.41, 5.74) is -0.467. The fourth-order valence-corrected chi connectivity index (χ4v) is 2.65. The number of aromatic nitrogens is 1. The molecular formula is C14H20FN3O2. The van der Waals surface area contributed by atoms with E-state index in [0.29, 0.717) is 25.1 Å². The predicted octanol–water partition coefficient (Wildman–Crippen LogP) is 0.684. The van der Waals surface area contributed by atoms with Gasteiger partial charge in [-0.1, -0.05) is 0 Å². The molecule has 5 nitrogen and oxygen atoms in total. The number of piperidine rings is 1. The van der Waals surface area contributed by atoms with E-state index in [-0.39, 0.29) is 18.1 Å². The van der Waals surface area contributed by atoms with Crippen molar-refractivity contribution < 1.29 is 14.3 Å². The largest absolute Gasteiger partial charge is 0.388 e. The number of carbonyl (C=O) groups excluding carboxylic acids is 1. The molecule has 1 saturated heterocycles. The van der Waals surface area contributed by atoms with Crippen LogP contribution in [0.3, 0.4) is 0 Å². The minimum atomic E-state index is -1.03. The normalized spacial score (nSPS) is 23.6. The van der Waals surface area contributed by atoms with Gasteiger partial charge in [-0.05, 0) is 25.5 Å². The maximum atomic E-state index is 13.6. The van der Waals surface area contributed by atoms with E-state index >= 15 is 0 Å². The average molecular weight is 281 g/mol. The number of aliphatic hydroxyl groups is 1. The van der Waals surface area contributed by atoms with Gasteiger partial charge in [0.1, 0.15) is 5.82 Å². The van der Waals surface area contributed by atoms with Crippen molar-refractivity contribution in [3.05, 3.63) is 29.8 Å². The van der Waals surface area contributed by atoms with Crippen LogP contribution in [0.2, 0.25) is 0 Å². The van der Waals surface area contributed by atoms with Gasteiger partial charge < -0.3 is 10.4 Å². The van der Waals surface area contributed by atoms with Crippen LogP contribution in [0.15, 0.2) is 18.5 Å². The lowest BCUT2D eigenvalue weighted by molar-refractivity contribution is -0.128. The molecule has 20 heavy (non-hydrogen) atoms. The van der Waals surface area contributed by atoms with Gasteiger partial charge in [-0.15, -0.1) is 0 Å². The summed E-state index contributed by atoms with van der Waals surface area (Å²) in [5, 5.41) is 13.0. The second kappa shape index (κ2) is 6.28. The van der Waals surface area contributed by atoms with Gasteiger partial charge >= 0.3 is 0 Å².